The van der Waals surface area contributed by atoms with Gasteiger partial charge in [0.05, 0.1) is 0 Å². The second-order valence-corrected chi connectivity index (χ2v) is 4.09. The van der Waals surface area contributed by atoms with Gasteiger partial charge in [-0.15, -0.1) is 12.4 Å². The summed E-state index contributed by atoms with van der Waals surface area (Å²) in [6.45, 7) is 1.07. The van der Waals surface area contributed by atoms with Crippen molar-refractivity contribution in [2.45, 2.75) is 19.3 Å². The van der Waals surface area contributed by atoms with E-state index in [1.807, 2.05) is 25.5 Å². The Labute approximate surface area is 104 Å². The summed E-state index contributed by atoms with van der Waals surface area (Å²) in [6.07, 6.45) is 10.0. The smallest absolute Gasteiger partial charge is 0.0343 e. The van der Waals surface area contributed by atoms with Crippen LogP contribution in [-0.4, -0.2) is 18.6 Å². The molecule has 88 valence electrons. The highest BCUT2D eigenvalue weighted by Crippen LogP contribution is 2.31. The molecule has 0 aliphatic heterocycles. The summed E-state index contributed by atoms with van der Waals surface area (Å²) in [5.74, 6) is 0.660. The van der Waals surface area contributed by atoms with Crippen LogP contribution in [0.3, 0.4) is 0 Å². The normalized spacial score (nSPS) is 19.8. The zero-order chi connectivity index (χ0) is 10.5. The molecular weight excluding hydrogens is 220 g/mol. The lowest BCUT2D eigenvalue weighted by atomic mass is 9.84. The summed E-state index contributed by atoms with van der Waals surface area (Å²) in [5.41, 5.74) is 2.76. The van der Waals surface area contributed by atoms with Crippen molar-refractivity contribution in [3.8, 4) is 0 Å². The van der Waals surface area contributed by atoms with Crippen molar-refractivity contribution in [1.82, 2.24) is 10.3 Å². The van der Waals surface area contributed by atoms with Gasteiger partial charge in [0.15, 0.2) is 0 Å². The van der Waals surface area contributed by atoms with Gasteiger partial charge >= 0.3 is 0 Å². The molecule has 0 saturated heterocycles. The van der Waals surface area contributed by atoms with Crippen LogP contribution in [0.1, 0.15) is 24.8 Å². The van der Waals surface area contributed by atoms with E-state index in [1.54, 1.807) is 0 Å². The minimum atomic E-state index is 0. The summed E-state index contributed by atoms with van der Waals surface area (Å²) in [4.78, 5) is 4.19. The molecule has 1 aliphatic rings. The van der Waals surface area contributed by atoms with E-state index in [2.05, 4.69) is 22.4 Å². The van der Waals surface area contributed by atoms with E-state index >= 15 is 0 Å². The SMILES string of the molecule is CNCC1CCCC=C1c1cccnc1.Cl. The molecule has 2 nitrogen and oxygen atoms in total. The molecule has 1 atom stereocenters. The standard InChI is InChI=1S/C13H18N2.ClH/c1-14-9-11-5-2-3-7-13(11)12-6-4-8-15-10-12;/h4,6-8,10-11,14H,2-3,5,9H2,1H3;1H. The first-order valence-electron chi connectivity index (χ1n) is 5.67. The van der Waals surface area contributed by atoms with Crippen molar-refractivity contribution < 1.29 is 0 Å². The van der Waals surface area contributed by atoms with Gasteiger partial charge in [-0.3, -0.25) is 4.98 Å². The molecule has 1 aliphatic carbocycles. The van der Waals surface area contributed by atoms with Crippen LogP contribution in [0.2, 0.25) is 0 Å². The predicted octanol–water partition coefficient (Wildman–Crippen LogP) is 2.91. The molecule has 3 heteroatoms. The average Bonchev–Trinajstić information content (AvgIpc) is 2.31. The number of rotatable bonds is 3. The maximum absolute atomic E-state index is 4.19. The number of allylic oxidation sites excluding steroid dienone is 1. The lowest BCUT2D eigenvalue weighted by molar-refractivity contribution is 0.530. The number of halogens is 1. The van der Waals surface area contributed by atoms with Crippen LogP contribution in [0.4, 0.5) is 0 Å². The van der Waals surface area contributed by atoms with Gasteiger partial charge in [-0.05, 0) is 49.4 Å². The Hall–Kier alpha value is -0.860. The van der Waals surface area contributed by atoms with Gasteiger partial charge in [0.2, 0.25) is 0 Å². The van der Waals surface area contributed by atoms with Gasteiger partial charge < -0.3 is 5.32 Å². The first-order valence-corrected chi connectivity index (χ1v) is 5.67. The summed E-state index contributed by atoms with van der Waals surface area (Å²) in [5, 5.41) is 3.28. The maximum atomic E-state index is 4.19. The summed E-state index contributed by atoms with van der Waals surface area (Å²) in [7, 11) is 2.02. The molecule has 0 aromatic carbocycles. The summed E-state index contributed by atoms with van der Waals surface area (Å²) in [6, 6.07) is 4.17. The molecular formula is C13H19ClN2. The minimum Gasteiger partial charge on any atom is -0.319 e. The van der Waals surface area contributed by atoms with E-state index in [4.69, 9.17) is 0 Å². The fraction of sp³-hybridized carbons (Fsp3) is 0.462. The topological polar surface area (TPSA) is 24.9 Å². The van der Waals surface area contributed by atoms with Crippen LogP contribution in [0.25, 0.3) is 5.57 Å². The summed E-state index contributed by atoms with van der Waals surface area (Å²) < 4.78 is 0. The number of hydrogen-bond acceptors (Lipinski definition) is 2. The molecule has 2 rings (SSSR count). The number of nitrogens with zero attached hydrogens (tertiary/aromatic N) is 1. The molecule has 16 heavy (non-hydrogen) atoms. The Morgan fingerprint density at radius 1 is 1.50 bits per heavy atom. The molecule has 1 aromatic rings. The molecule has 0 saturated carbocycles. The monoisotopic (exact) mass is 238 g/mol. The molecule has 0 radical (unpaired) electrons. The van der Waals surface area contributed by atoms with Crippen molar-refractivity contribution in [2.24, 2.45) is 5.92 Å². The number of nitrogens with one attached hydrogen (secondary N) is 1. The zero-order valence-electron chi connectivity index (χ0n) is 9.65. The Morgan fingerprint density at radius 3 is 3.06 bits per heavy atom. The molecule has 1 N–H and O–H groups in total. The van der Waals surface area contributed by atoms with E-state index in [0.29, 0.717) is 5.92 Å². The van der Waals surface area contributed by atoms with Gasteiger partial charge in [-0.25, -0.2) is 0 Å². The largest absolute Gasteiger partial charge is 0.319 e. The van der Waals surface area contributed by atoms with Crippen molar-refractivity contribution in [3.63, 3.8) is 0 Å². The molecule has 0 amide bonds. The zero-order valence-corrected chi connectivity index (χ0v) is 10.5. The van der Waals surface area contributed by atoms with E-state index in [1.165, 1.54) is 30.4 Å². The molecule has 0 spiro atoms. The third-order valence-corrected chi connectivity index (χ3v) is 3.01. The second-order valence-electron chi connectivity index (χ2n) is 4.09. The average molecular weight is 239 g/mol. The van der Waals surface area contributed by atoms with Crippen LogP contribution >= 0.6 is 12.4 Å². The van der Waals surface area contributed by atoms with Crippen LogP contribution < -0.4 is 5.32 Å². The highest BCUT2D eigenvalue weighted by molar-refractivity contribution is 5.85. The predicted molar refractivity (Wildman–Crippen MR) is 70.7 cm³/mol. The fourth-order valence-electron chi connectivity index (χ4n) is 2.29. The Morgan fingerprint density at radius 2 is 2.38 bits per heavy atom. The van der Waals surface area contributed by atoms with Gasteiger partial charge in [0.1, 0.15) is 0 Å². The summed E-state index contributed by atoms with van der Waals surface area (Å²) >= 11 is 0. The van der Waals surface area contributed by atoms with E-state index < -0.39 is 0 Å². The minimum absolute atomic E-state index is 0. The number of aromatic nitrogens is 1. The third kappa shape index (κ3) is 3.06. The highest BCUT2D eigenvalue weighted by Gasteiger charge is 2.18. The van der Waals surface area contributed by atoms with Crippen LogP contribution in [0.5, 0.6) is 0 Å². The number of pyridine rings is 1. The fourth-order valence-corrected chi connectivity index (χ4v) is 2.29. The quantitative estimate of drug-likeness (QED) is 0.876. The van der Waals surface area contributed by atoms with Gasteiger partial charge in [-0.2, -0.15) is 0 Å². The second kappa shape index (κ2) is 6.66. The first-order chi connectivity index (χ1) is 7.42. The maximum Gasteiger partial charge on any atom is 0.0343 e. The van der Waals surface area contributed by atoms with Crippen LogP contribution in [-0.2, 0) is 0 Å². The van der Waals surface area contributed by atoms with Gasteiger partial charge in [0, 0.05) is 18.9 Å². The van der Waals surface area contributed by atoms with Gasteiger partial charge in [0.25, 0.3) is 0 Å². The Bertz CT molecular complexity index is 335. The molecule has 0 fully saturated rings. The third-order valence-electron chi connectivity index (χ3n) is 3.01. The molecule has 0 bridgehead atoms. The van der Waals surface area contributed by atoms with Crippen LogP contribution in [0.15, 0.2) is 30.6 Å². The van der Waals surface area contributed by atoms with Gasteiger partial charge in [-0.1, -0.05) is 12.1 Å². The molecule has 1 unspecified atom stereocenters. The van der Waals surface area contributed by atoms with Crippen LogP contribution in [0, 0.1) is 5.92 Å². The van der Waals surface area contributed by atoms with Crippen molar-refractivity contribution in [1.29, 1.82) is 0 Å². The van der Waals surface area contributed by atoms with Crippen molar-refractivity contribution in [3.05, 3.63) is 36.2 Å². The molecule has 1 heterocycles. The lowest BCUT2D eigenvalue weighted by Gasteiger charge is -2.24. The van der Waals surface area contributed by atoms with E-state index in [0.717, 1.165) is 6.54 Å². The number of hydrogen-bond donors (Lipinski definition) is 1. The highest BCUT2D eigenvalue weighted by atomic mass is 35.5. The van der Waals surface area contributed by atoms with E-state index in [-0.39, 0.29) is 12.4 Å². The Kier molecular flexibility index (Phi) is 5.50. The Balaban J connectivity index is 0.00000128. The first kappa shape index (κ1) is 13.2. The van der Waals surface area contributed by atoms with Crippen molar-refractivity contribution in [2.75, 3.05) is 13.6 Å². The van der Waals surface area contributed by atoms with Crippen molar-refractivity contribution >= 4 is 18.0 Å². The van der Waals surface area contributed by atoms with E-state index in [9.17, 15) is 0 Å². The molecule has 1 aromatic heterocycles. The lowest BCUT2D eigenvalue weighted by Crippen LogP contribution is -2.21.